The molecule has 1 aliphatic heterocycles. The van der Waals surface area contributed by atoms with Gasteiger partial charge in [0.15, 0.2) is 0 Å². The number of amides is 1. The number of hydrogen-bond donors (Lipinski definition) is 1. The average Bonchev–Trinajstić information content (AvgIpc) is 2.76. The zero-order valence-corrected chi connectivity index (χ0v) is 14.0. The van der Waals surface area contributed by atoms with Crippen LogP contribution in [0.15, 0.2) is 30.5 Å². The maximum Gasteiger partial charge on any atom is 0.222 e. The molecule has 3 rings (SSSR count). The molecule has 0 atom stereocenters. The van der Waals surface area contributed by atoms with Gasteiger partial charge in [0.2, 0.25) is 5.91 Å². The highest BCUT2D eigenvalue weighted by molar-refractivity contribution is 6.31. The quantitative estimate of drug-likeness (QED) is 0.839. The van der Waals surface area contributed by atoms with Crippen LogP contribution in [0.3, 0.4) is 0 Å². The van der Waals surface area contributed by atoms with Crippen LogP contribution in [0.5, 0.6) is 0 Å². The minimum Gasteiger partial charge on any atom is -0.384 e. The smallest absolute Gasteiger partial charge is 0.222 e. The van der Waals surface area contributed by atoms with Crippen LogP contribution in [0.4, 0.5) is 5.69 Å². The molecule has 5 heteroatoms. The molecule has 2 heterocycles. The number of aromatic nitrogens is 1. The second kappa shape index (κ2) is 7.64. The Bertz CT molecular complexity index is 689. The third-order valence-corrected chi connectivity index (χ3v) is 4.53. The Kier molecular flexibility index (Phi) is 5.34. The molecular weight excluding hydrogens is 310 g/mol. The largest absolute Gasteiger partial charge is 0.384 e. The fourth-order valence-electron chi connectivity index (χ4n) is 3.04. The maximum absolute atomic E-state index is 12.0. The van der Waals surface area contributed by atoms with Gasteiger partial charge in [-0.05, 0) is 43.5 Å². The normalized spacial score (nSPS) is 15.7. The van der Waals surface area contributed by atoms with Crippen LogP contribution < -0.4 is 5.32 Å². The highest BCUT2D eigenvalue weighted by Crippen LogP contribution is 2.24. The summed E-state index contributed by atoms with van der Waals surface area (Å²) in [6.45, 7) is 2.59. The molecule has 23 heavy (non-hydrogen) atoms. The monoisotopic (exact) mass is 331 g/mol. The number of fused-ring (bicyclic) bond motifs is 1. The molecule has 1 amide bonds. The van der Waals surface area contributed by atoms with Crippen molar-refractivity contribution in [3.63, 3.8) is 0 Å². The van der Waals surface area contributed by atoms with Gasteiger partial charge in [0.25, 0.3) is 0 Å². The molecule has 0 bridgehead atoms. The third-order valence-electron chi connectivity index (χ3n) is 4.30. The SMILES string of the molecule is O=C1CCCCCN1CCCNc1ccnc2cc(Cl)ccc12. The molecule has 1 saturated heterocycles. The Balaban J connectivity index is 1.55. The Hall–Kier alpha value is -1.81. The minimum atomic E-state index is 0.312. The van der Waals surface area contributed by atoms with E-state index in [1.54, 1.807) is 6.20 Å². The molecule has 0 radical (unpaired) electrons. The van der Waals surface area contributed by atoms with E-state index in [1.807, 2.05) is 29.2 Å². The van der Waals surface area contributed by atoms with Crippen molar-refractivity contribution in [2.75, 3.05) is 25.0 Å². The summed E-state index contributed by atoms with van der Waals surface area (Å²) in [7, 11) is 0. The first kappa shape index (κ1) is 16.1. The summed E-state index contributed by atoms with van der Waals surface area (Å²) < 4.78 is 0. The number of nitrogens with zero attached hydrogens (tertiary/aromatic N) is 2. The Labute approximate surface area is 141 Å². The molecule has 1 fully saturated rings. The van der Waals surface area contributed by atoms with Gasteiger partial charge in [0.05, 0.1) is 5.52 Å². The molecule has 1 aromatic carbocycles. The van der Waals surface area contributed by atoms with Crippen LogP contribution >= 0.6 is 11.6 Å². The summed E-state index contributed by atoms with van der Waals surface area (Å²) in [5.41, 5.74) is 1.96. The number of carbonyl (C=O) groups is 1. The van der Waals surface area contributed by atoms with Crippen LogP contribution in [0.1, 0.15) is 32.1 Å². The summed E-state index contributed by atoms with van der Waals surface area (Å²) in [5, 5.41) is 5.22. The van der Waals surface area contributed by atoms with Crippen LogP contribution in [0, 0.1) is 0 Å². The number of benzene rings is 1. The fraction of sp³-hybridized carbons (Fsp3) is 0.444. The highest BCUT2D eigenvalue weighted by atomic mass is 35.5. The Morgan fingerprint density at radius 1 is 1.22 bits per heavy atom. The van der Waals surface area contributed by atoms with Crippen molar-refractivity contribution < 1.29 is 4.79 Å². The molecule has 0 unspecified atom stereocenters. The van der Waals surface area contributed by atoms with E-state index in [2.05, 4.69) is 10.3 Å². The molecule has 1 aliphatic rings. The summed E-state index contributed by atoms with van der Waals surface area (Å²) in [5.74, 6) is 0.312. The number of halogens is 1. The van der Waals surface area contributed by atoms with Crippen molar-refractivity contribution in [2.45, 2.75) is 32.1 Å². The van der Waals surface area contributed by atoms with E-state index in [0.717, 1.165) is 55.5 Å². The number of anilines is 1. The molecular formula is C18H22ClN3O. The van der Waals surface area contributed by atoms with Gasteiger partial charge in [-0.25, -0.2) is 0 Å². The number of rotatable bonds is 5. The van der Waals surface area contributed by atoms with E-state index < -0.39 is 0 Å². The predicted octanol–water partition coefficient (Wildman–Crippen LogP) is 4.09. The summed E-state index contributed by atoms with van der Waals surface area (Å²) >= 11 is 6.01. The standard InChI is InChI=1S/C18H22ClN3O/c19-14-6-7-15-16(8-10-21-17(15)13-14)20-9-4-12-22-11-3-1-2-5-18(22)23/h6-8,10,13H,1-5,9,11-12H2,(H,20,21). The molecule has 1 N–H and O–H groups in total. The van der Waals surface area contributed by atoms with Gasteiger partial charge in [-0.15, -0.1) is 0 Å². The molecule has 1 aromatic heterocycles. The van der Waals surface area contributed by atoms with Gasteiger partial charge < -0.3 is 10.2 Å². The Morgan fingerprint density at radius 2 is 2.13 bits per heavy atom. The second-order valence-electron chi connectivity index (χ2n) is 5.99. The topological polar surface area (TPSA) is 45.2 Å². The van der Waals surface area contributed by atoms with Crippen molar-refractivity contribution >= 4 is 34.1 Å². The van der Waals surface area contributed by atoms with Gasteiger partial charge in [-0.3, -0.25) is 9.78 Å². The lowest BCUT2D eigenvalue weighted by Crippen LogP contribution is -2.32. The molecule has 0 aliphatic carbocycles. The zero-order valence-electron chi connectivity index (χ0n) is 13.2. The first-order valence-electron chi connectivity index (χ1n) is 8.30. The molecule has 0 spiro atoms. The van der Waals surface area contributed by atoms with Crippen LogP contribution in [-0.2, 0) is 4.79 Å². The molecule has 0 saturated carbocycles. The van der Waals surface area contributed by atoms with Crippen molar-refractivity contribution in [1.29, 1.82) is 0 Å². The predicted molar refractivity (Wildman–Crippen MR) is 94.9 cm³/mol. The lowest BCUT2D eigenvalue weighted by molar-refractivity contribution is -0.130. The van der Waals surface area contributed by atoms with Gasteiger partial charge in [0.1, 0.15) is 0 Å². The van der Waals surface area contributed by atoms with Crippen LogP contribution in [-0.4, -0.2) is 35.4 Å². The molecule has 4 nitrogen and oxygen atoms in total. The fourth-order valence-corrected chi connectivity index (χ4v) is 3.21. The number of hydrogen-bond acceptors (Lipinski definition) is 3. The van der Waals surface area contributed by atoms with E-state index in [4.69, 9.17) is 11.6 Å². The second-order valence-corrected chi connectivity index (χ2v) is 6.43. The van der Waals surface area contributed by atoms with Gasteiger partial charge >= 0.3 is 0 Å². The number of likely N-dealkylation sites (tertiary alicyclic amines) is 1. The number of carbonyl (C=O) groups excluding carboxylic acids is 1. The minimum absolute atomic E-state index is 0.312. The maximum atomic E-state index is 12.0. The zero-order chi connectivity index (χ0) is 16.1. The van der Waals surface area contributed by atoms with Crippen LogP contribution in [0.25, 0.3) is 10.9 Å². The van der Waals surface area contributed by atoms with E-state index in [-0.39, 0.29) is 0 Å². The van der Waals surface area contributed by atoms with Crippen molar-refractivity contribution in [3.05, 3.63) is 35.5 Å². The number of pyridine rings is 1. The first-order chi connectivity index (χ1) is 11.2. The summed E-state index contributed by atoms with van der Waals surface area (Å²) in [6, 6.07) is 7.73. The van der Waals surface area contributed by atoms with Crippen molar-refractivity contribution in [1.82, 2.24) is 9.88 Å². The lowest BCUT2D eigenvalue weighted by Gasteiger charge is -2.20. The van der Waals surface area contributed by atoms with Crippen molar-refractivity contribution in [2.24, 2.45) is 0 Å². The average molecular weight is 332 g/mol. The first-order valence-corrected chi connectivity index (χ1v) is 8.68. The van der Waals surface area contributed by atoms with E-state index in [1.165, 1.54) is 6.42 Å². The Morgan fingerprint density at radius 3 is 3.04 bits per heavy atom. The lowest BCUT2D eigenvalue weighted by atomic mass is 10.2. The van der Waals surface area contributed by atoms with Crippen LogP contribution in [0.2, 0.25) is 5.02 Å². The summed E-state index contributed by atoms with van der Waals surface area (Å²) in [4.78, 5) is 18.3. The van der Waals surface area contributed by atoms with Gasteiger partial charge in [-0.2, -0.15) is 0 Å². The van der Waals surface area contributed by atoms with Gasteiger partial charge in [-0.1, -0.05) is 18.0 Å². The number of nitrogens with one attached hydrogen (secondary N) is 1. The molecule has 2 aromatic rings. The third kappa shape index (κ3) is 4.14. The summed E-state index contributed by atoms with van der Waals surface area (Å²) in [6.07, 6.45) is 6.80. The van der Waals surface area contributed by atoms with E-state index >= 15 is 0 Å². The van der Waals surface area contributed by atoms with E-state index in [9.17, 15) is 4.79 Å². The van der Waals surface area contributed by atoms with Gasteiger partial charge in [0, 0.05) is 48.3 Å². The molecule has 122 valence electrons. The van der Waals surface area contributed by atoms with E-state index in [0.29, 0.717) is 17.4 Å². The van der Waals surface area contributed by atoms with Crippen molar-refractivity contribution in [3.8, 4) is 0 Å². The highest BCUT2D eigenvalue weighted by Gasteiger charge is 2.15.